The standard InChI is InChI=1S/C33H34FN5O3S2/c1-4-14-38-30(37-18-16-36(17-19-37)28-8-6-5-7-27(28)34)25(22(2)26(21-35)31(38)40)20-29-32(41)39(33(43)44-29)15-13-23-9-11-24(42-3)12-10-23/h5-12,20H,4,13-19H2,1-3H3/b29-20-. The van der Waals surface area contributed by atoms with Crippen LogP contribution in [-0.2, 0) is 17.8 Å². The van der Waals surface area contributed by atoms with Gasteiger partial charge < -0.3 is 14.5 Å². The molecular formula is C33H34FN5O3S2. The summed E-state index contributed by atoms with van der Waals surface area (Å²) in [6.07, 6.45) is 3.09. The van der Waals surface area contributed by atoms with E-state index in [1.165, 1.54) is 17.8 Å². The van der Waals surface area contributed by atoms with Crippen LogP contribution in [0.2, 0.25) is 0 Å². The summed E-state index contributed by atoms with van der Waals surface area (Å²) >= 11 is 6.84. The molecule has 2 aliphatic heterocycles. The van der Waals surface area contributed by atoms with E-state index in [1.807, 2.05) is 42.2 Å². The van der Waals surface area contributed by atoms with Gasteiger partial charge in [0.15, 0.2) is 0 Å². The van der Waals surface area contributed by atoms with E-state index in [2.05, 4.69) is 11.0 Å². The van der Waals surface area contributed by atoms with Gasteiger partial charge in [0.2, 0.25) is 0 Å². The van der Waals surface area contributed by atoms with Crippen LogP contribution in [0.5, 0.6) is 5.75 Å². The summed E-state index contributed by atoms with van der Waals surface area (Å²) in [6.45, 7) is 6.74. The van der Waals surface area contributed by atoms with E-state index in [4.69, 9.17) is 17.0 Å². The van der Waals surface area contributed by atoms with Gasteiger partial charge in [-0.3, -0.25) is 19.1 Å². The molecule has 1 aromatic heterocycles. The summed E-state index contributed by atoms with van der Waals surface area (Å²) in [4.78, 5) is 33.4. The van der Waals surface area contributed by atoms with E-state index in [1.54, 1.807) is 41.7 Å². The van der Waals surface area contributed by atoms with Crippen LogP contribution in [0.25, 0.3) is 6.08 Å². The first-order chi connectivity index (χ1) is 21.3. The van der Waals surface area contributed by atoms with Crippen LogP contribution in [-0.4, -0.2) is 59.5 Å². The summed E-state index contributed by atoms with van der Waals surface area (Å²) in [7, 11) is 1.62. The average Bonchev–Trinajstić information content (AvgIpc) is 3.30. The molecule has 3 heterocycles. The van der Waals surface area contributed by atoms with Gasteiger partial charge in [0.1, 0.15) is 33.3 Å². The van der Waals surface area contributed by atoms with Crippen LogP contribution in [0.1, 0.15) is 35.6 Å². The fraction of sp³-hybridized carbons (Fsp3) is 0.333. The number of aromatic nitrogens is 1. The molecule has 5 rings (SSSR count). The normalized spacial score (nSPS) is 16.2. The molecule has 11 heteroatoms. The topological polar surface area (TPSA) is 81.8 Å². The number of carbonyl (C=O) groups excluding carboxylic acids is 1. The number of pyridine rings is 1. The summed E-state index contributed by atoms with van der Waals surface area (Å²) in [6, 6.07) is 16.5. The number of ether oxygens (including phenoxy) is 1. The number of thiocarbonyl (C=S) groups is 1. The number of hydrogen-bond donors (Lipinski definition) is 0. The molecule has 2 aromatic carbocycles. The smallest absolute Gasteiger partial charge is 0.270 e. The van der Waals surface area contributed by atoms with Gasteiger partial charge in [-0.15, -0.1) is 0 Å². The molecule has 0 N–H and O–H groups in total. The second-order valence-corrected chi connectivity index (χ2v) is 12.3. The van der Waals surface area contributed by atoms with E-state index in [0.29, 0.717) is 84.0 Å². The van der Waals surface area contributed by atoms with Crippen LogP contribution >= 0.6 is 24.0 Å². The highest BCUT2D eigenvalue weighted by atomic mass is 32.2. The largest absolute Gasteiger partial charge is 0.497 e. The van der Waals surface area contributed by atoms with Gasteiger partial charge in [-0.05, 0) is 61.2 Å². The highest BCUT2D eigenvalue weighted by Gasteiger charge is 2.33. The maximum Gasteiger partial charge on any atom is 0.270 e. The number of anilines is 2. The predicted molar refractivity (Wildman–Crippen MR) is 178 cm³/mol. The van der Waals surface area contributed by atoms with Gasteiger partial charge in [0.25, 0.3) is 11.5 Å². The molecule has 2 fully saturated rings. The molecule has 0 saturated carbocycles. The van der Waals surface area contributed by atoms with Gasteiger partial charge in [0.05, 0.1) is 17.7 Å². The number of methoxy groups -OCH3 is 1. The molecule has 2 aliphatic rings. The predicted octanol–water partition coefficient (Wildman–Crippen LogP) is 5.36. The van der Waals surface area contributed by atoms with Gasteiger partial charge in [-0.1, -0.05) is 55.2 Å². The molecule has 0 bridgehead atoms. The van der Waals surface area contributed by atoms with Gasteiger partial charge in [0, 0.05) is 44.8 Å². The zero-order valence-corrected chi connectivity index (χ0v) is 26.6. The first-order valence-electron chi connectivity index (χ1n) is 14.6. The Morgan fingerprint density at radius 2 is 1.73 bits per heavy atom. The second kappa shape index (κ2) is 13.7. The Labute approximate surface area is 266 Å². The van der Waals surface area contributed by atoms with Crippen LogP contribution in [0.4, 0.5) is 15.9 Å². The molecular weight excluding hydrogens is 598 g/mol. The SMILES string of the molecule is CCCn1c(N2CCN(c3ccccc3F)CC2)c(/C=C2\SC(=S)N(CCc3ccc(OC)cc3)C2=O)c(C)c(C#N)c1=O. The number of rotatable bonds is 9. The minimum Gasteiger partial charge on any atom is -0.497 e. The number of benzene rings is 2. The third kappa shape index (κ3) is 6.23. The Morgan fingerprint density at radius 1 is 1.05 bits per heavy atom. The zero-order valence-electron chi connectivity index (χ0n) is 25.0. The Bertz CT molecular complexity index is 1710. The quantitative estimate of drug-likeness (QED) is 0.231. The third-order valence-corrected chi connectivity index (χ3v) is 9.38. The van der Waals surface area contributed by atoms with Crippen LogP contribution in [0.15, 0.2) is 58.2 Å². The molecule has 0 radical (unpaired) electrons. The Balaban J connectivity index is 1.47. The molecule has 8 nitrogen and oxygen atoms in total. The van der Waals surface area contributed by atoms with E-state index >= 15 is 0 Å². The lowest BCUT2D eigenvalue weighted by atomic mass is 10.0. The summed E-state index contributed by atoms with van der Waals surface area (Å²) in [5, 5.41) is 9.96. The number of piperazine rings is 1. The van der Waals surface area contributed by atoms with Crippen molar-refractivity contribution in [3.05, 3.63) is 91.9 Å². The van der Waals surface area contributed by atoms with Crippen molar-refractivity contribution in [2.24, 2.45) is 0 Å². The molecule has 0 unspecified atom stereocenters. The summed E-state index contributed by atoms with van der Waals surface area (Å²) in [5.41, 5.74) is 2.51. The Kier molecular flexibility index (Phi) is 9.71. The number of amides is 1. The number of nitrogens with zero attached hydrogens (tertiary/aromatic N) is 5. The number of thioether (sulfide) groups is 1. The highest BCUT2D eigenvalue weighted by molar-refractivity contribution is 8.26. The van der Waals surface area contributed by atoms with Crippen molar-refractivity contribution in [3.8, 4) is 11.8 Å². The number of hydrogen-bond acceptors (Lipinski definition) is 8. The zero-order chi connectivity index (χ0) is 31.4. The van der Waals surface area contributed by atoms with E-state index in [-0.39, 0.29) is 22.8 Å². The first-order valence-corrected chi connectivity index (χ1v) is 15.8. The average molecular weight is 632 g/mol. The van der Waals surface area contributed by atoms with Gasteiger partial charge in [-0.2, -0.15) is 5.26 Å². The number of carbonyl (C=O) groups is 1. The van der Waals surface area contributed by atoms with Crippen molar-refractivity contribution in [1.82, 2.24) is 9.47 Å². The minimum atomic E-state index is -0.345. The van der Waals surface area contributed by atoms with Crippen molar-refractivity contribution < 1.29 is 13.9 Å². The highest BCUT2D eigenvalue weighted by Crippen LogP contribution is 2.36. The fourth-order valence-electron chi connectivity index (χ4n) is 5.64. The molecule has 3 aromatic rings. The lowest BCUT2D eigenvalue weighted by molar-refractivity contribution is -0.122. The molecule has 2 saturated heterocycles. The van der Waals surface area contributed by atoms with Crippen molar-refractivity contribution in [2.75, 3.05) is 49.6 Å². The van der Waals surface area contributed by atoms with Crippen LogP contribution in [0, 0.1) is 24.1 Å². The minimum absolute atomic E-state index is 0.0634. The summed E-state index contributed by atoms with van der Waals surface area (Å²) < 4.78 is 21.9. The number of halogens is 1. The molecule has 44 heavy (non-hydrogen) atoms. The van der Waals surface area contributed by atoms with E-state index in [0.717, 1.165) is 11.3 Å². The van der Waals surface area contributed by atoms with Crippen molar-refractivity contribution >= 4 is 51.8 Å². The molecule has 0 aliphatic carbocycles. The second-order valence-electron chi connectivity index (χ2n) is 10.7. The maximum atomic E-state index is 14.5. The number of para-hydroxylation sites is 1. The molecule has 228 valence electrons. The monoisotopic (exact) mass is 631 g/mol. The van der Waals surface area contributed by atoms with Gasteiger partial charge >= 0.3 is 0 Å². The fourth-order valence-corrected chi connectivity index (χ4v) is 6.93. The lowest BCUT2D eigenvalue weighted by Crippen LogP contribution is -2.49. The summed E-state index contributed by atoms with van der Waals surface area (Å²) in [5.74, 6) is 0.969. The maximum absolute atomic E-state index is 14.5. The third-order valence-electron chi connectivity index (χ3n) is 8.00. The van der Waals surface area contributed by atoms with Crippen LogP contribution in [0.3, 0.4) is 0 Å². The van der Waals surface area contributed by atoms with Crippen LogP contribution < -0.4 is 20.1 Å². The first kappa shape index (κ1) is 31.3. The Hall–Kier alpha value is -4.14. The van der Waals surface area contributed by atoms with E-state index < -0.39 is 0 Å². The number of nitriles is 1. The van der Waals surface area contributed by atoms with Crippen molar-refractivity contribution in [1.29, 1.82) is 5.26 Å². The molecule has 0 spiro atoms. The molecule has 0 atom stereocenters. The molecule has 1 amide bonds. The van der Waals surface area contributed by atoms with E-state index in [9.17, 15) is 19.2 Å². The Morgan fingerprint density at radius 3 is 2.36 bits per heavy atom. The van der Waals surface area contributed by atoms with Crippen molar-refractivity contribution in [2.45, 2.75) is 33.2 Å². The van der Waals surface area contributed by atoms with Crippen molar-refractivity contribution in [3.63, 3.8) is 0 Å². The lowest BCUT2D eigenvalue weighted by Gasteiger charge is -2.39. The van der Waals surface area contributed by atoms with Gasteiger partial charge in [-0.25, -0.2) is 4.39 Å².